The van der Waals surface area contributed by atoms with Crippen LogP contribution in [0.2, 0.25) is 0 Å². The van der Waals surface area contributed by atoms with Gasteiger partial charge in [-0.1, -0.05) is 18.2 Å². The summed E-state index contributed by atoms with van der Waals surface area (Å²) >= 11 is 0. The second-order valence-corrected chi connectivity index (χ2v) is 6.14. The number of anilines is 1. The Kier molecular flexibility index (Phi) is 4.97. The van der Waals surface area contributed by atoms with Crippen molar-refractivity contribution < 1.29 is 19.2 Å². The molecule has 3 rings (SSSR count). The average molecular weight is 354 g/mol. The molecule has 2 aromatic rings. The first-order valence-electron chi connectivity index (χ1n) is 8.27. The number of rotatable bonds is 6. The molecule has 1 amide bonds. The number of benzene rings is 2. The number of hydrogen-bond donors (Lipinski definition) is 0. The van der Waals surface area contributed by atoms with E-state index in [0.29, 0.717) is 24.2 Å². The molecule has 0 saturated carbocycles. The summed E-state index contributed by atoms with van der Waals surface area (Å²) in [5.41, 5.74) is 1.70. The third-order valence-electron chi connectivity index (χ3n) is 4.22. The van der Waals surface area contributed by atoms with Crippen LogP contribution < -0.4 is 9.64 Å². The summed E-state index contributed by atoms with van der Waals surface area (Å²) in [6.45, 7) is 2.11. The van der Waals surface area contributed by atoms with Gasteiger partial charge in [0.15, 0.2) is 18.1 Å². The van der Waals surface area contributed by atoms with E-state index in [0.717, 1.165) is 12.0 Å². The van der Waals surface area contributed by atoms with Gasteiger partial charge in [-0.15, -0.1) is 0 Å². The fraction of sp³-hybridized carbons (Fsp3) is 0.263. The molecular weight excluding hydrogens is 336 g/mol. The second kappa shape index (κ2) is 7.35. The van der Waals surface area contributed by atoms with Crippen LogP contribution in [-0.2, 0) is 4.79 Å². The Hall–Kier alpha value is -3.22. The molecule has 7 heteroatoms. The van der Waals surface area contributed by atoms with E-state index in [1.165, 1.54) is 12.1 Å². The average Bonchev–Trinajstić information content (AvgIpc) is 3.05. The second-order valence-electron chi connectivity index (χ2n) is 6.14. The summed E-state index contributed by atoms with van der Waals surface area (Å²) in [6.07, 6.45) is 1.31. The van der Waals surface area contributed by atoms with Crippen molar-refractivity contribution >= 4 is 23.1 Å². The molecule has 7 nitrogen and oxygen atoms in total. The van der Waals surface area contributed by atoms with Crippen molar-refractivity contribution in [3.05, 3.63) is 63.7 Å². The lowest BCUT2D eigenvalue weighted by Crippen LogP contribution is -2.24. The Morgan fingerprint density at radius 3 is 2.77 bits per heavy atom. The van der Waals surface area contributed by atoms with Crippen LogP contribution in [0.15, 0.2) is 42.5 Å². The SMILES string of the molecule is Cc1ccc([N+](=O)[O-])c(OCC(=O)c2cccc(N3CCCC3=O)c2)c1. The van der Waals surface area contributed by atoms with Crippen molar-refractivity contribution in [2.45, 2.75) is 19.8 Å². The van der Waals surface area contributed by atoms with E-state index in [1.54, 1.807) is 42.2 Å². The summed E-state index contributed by atoms with van der Waals surface area (Å²) in [7, 11) is 0. The number of aryl methyl sites for hydroxylation is 1. The number of hydrogen-bond acceptors (Lipinski definition) is 5. The van der Waals surface area contributed by atoms with Gasteiger partial charge in [-0.25, -0.2) is 0 Å². The number of nitro benzene ring substituents is 1. The van der Waals surface area contributed by atoms with E-state index < -0.39 is 4.92 Å². The lowest BCUT2D eigenvalue weighted by atomic mass is 10.1. The van der Waals surface area contributed by atoms with Gasteiger partial charge in [-0.3, -0.25) is 19.7 Å². The largest absolute Gasteiger partial charge is 0.478 e. The van der Waals surface area contributed by atoms with Crippen LogP contribution in [0.25, 0.3) is 0 Å². The number of nitro groups is 1. The minimum Gasteiger partial charge on any atom is -0.478 e. The number of amides is 1. The quantitative estimate of drug-likeness (QED) is 0.451. The molecule has 1 aliphatic heterocycles. The molecule has 0 aromatic heterocycles. The van der Waals surface area contributed by atoms with Crippen LogP contribution in [0.3, 0.4) is 0 Å². The number of Topliss-reactive ketones (excluding diaryl/α,β-unsaturated/α-hetero) is 1. The molecule has 0 N–H and O–H groups in total. The van der Waals surface area contributed by atoms with Gasteiger partial charge in [-0.2, -0.15) is 0 Å². The maximum atomic E-state index is 12.4. The minimum absolute atomic E-state index is 0.0428. The number of ether oxygens (including phenoxy) is 1. The summed E-state index contributed by atoms with van der Waals surface area (Å²) in [5.74, 6) is -0.204. The Morgan fingerprint density at radius 2 is 2.08 bits per heavy atom. The fourth-order valence-corrected chi connectivity index (χ4v) is 2.88. The van der Waals surface area contributed by atoms with E-state index >= 15 is 0 Å². The first kappa shape index (κ1) is 17.6. The molecule has 1 fully saturated rings. The molecular formula is C19H18N2O5. The first-order valence-corrected chi connectivity index (χ1v) is 8.27. The van der Waals surface area contributed by atoms with Crippen LogP contribution >= 0.6 is 0 Å². The van der Waals surface area contributed by atoms with Gasteiger partial charge in [-0.05, 0) is 37.1 Å². The van der Waals surface area contributed by atoms with Crippen molar-refractivity contribution in [1.82, 2.24) is 0 Å². The van der Waals surface area contributed by atoms with E-state index in [9.17, 15) is 19.7 Å². The number of carbonyl (C=O) groups excluding carboxylic acids is 2. The summed E-state index contributed by atoms with van der Waals surface area (Å²) in [4.78, 5) is 36.5. The Balaban J connectivity index is 1.74. The van der Waals surface area contributed by atoms with Crippen LogP contribution in [0.1, 0.15) is 28.8 Å². The zero-order valence-electron chi connectivity index (χ0n) is 14.3. The molecule has 0 atom stereocenters. The molecule has 1 heterocycles. The highest BCUT2D eigenvalue weighted by Crippen LogP contribution is 2.28. The van der Waals surface area contributed by atoms with Gasteiger partial charge >= 0.3 is 5.69 Å². The molecule has 134 valence electrons. The molecule has 1 aliphatic rings. The molecule has 0 aliphatic carbocycles. The van der Waals surface area contributed by atoms with Crippen molar-refractivity contribution in [3.63, 3.8) is 0 Å². The zero-order chi connectivity index (χ0) is 18.7. The maximum Gasteiger partial charge on any atom is 0.310 e. The van der Waals surface area contributed by atoms with Crippen molar-refractivity contribution in [1.29, 1.82) is 0 Å². The normalized spacial score (nSPS) is 13.7. The van der Waals surface area contributed by atoms with Crippen molar-refractivity contribution in [2.24, 2.45) is 0 Å². The van der Waals surface area contributed by atoms with Gasteiger partial charge in [0.25, 0.3) is 0 Å². The summed E-state index contributed by atoms with van der Waals surface area (Å²) < 4.78 is 5.41. The molecule has 0 spiro atoms. The minimum atomic E-state index is -0.543. The van der Waals surface area contributed by atoms with Gasteiger partial charge in [0.05, 0.1) is 4.92 Å². The van der Waals surface area contributed by atoms with Gasteiger partial charge in [0.1, 0.15) is 0 Å². The monoisotopic (exact) mass is 354 g/mol. The highest BCUT2D eigenvalue weighted by molar-refractivity contribution is 6.00. The van der Waals surface area contributed by atoms with E-state index in [-0.39, 0.29) is 29.7 Å². The molecule has 0 radical (unpaired) electrons. The lowest BCUT2D eigenvalue weighted by molar-refractivity contribution is -0.385. The van der Waals surface area contributed by atoms with Crippen molar-refractivity contribution in [3.8, 4) is 5.75 Å². The van der Waals surface area contributed by atoms with Crippen molar-refractivity contribution in [2.75, 3.05) is 18.1 Å². The number of nitrogens with zero attached hydrogens (tertiary/aromatic N) is 2. The zero-order valence-corrected chi connectivity index (χ0v) is 14.3. The maximum absolute atomic E-state index is 12.4. The fourth-order valence-electron chi connectivity index (χ4n) is 2.88. The van der Waals surface area contributed by atoms with Gasteiger partial charge in [0, 0.05) is 30.3 Å². The van der Waals surface area contributed by atoms with Crippen LogP contribution in [0.5, 0.6) is 5.75 Å². The standard InChI is InChI=1S/C19H18N2O5/c1-13-7-8-16(21(24)25)18(10-13)26-12-17(22)14-4-2-5-15(11-14)20-9-3-6-19(20)23/h2,4-5,7-8,10-11H,3,6,9,12H2,1H3. The third kappa shape index (κ3) is 3.72. The van der Waals surface area contributed by atoms with E-state index in [2.05, 4.69) is 0 Å². The van der Waals surface area contributed by atoms with Crippen LogP contribution in [-0.4, -0.2) is 29.8 Å². The first-order chi connectivity index (χ1) is 12.5. The summed E-state index contributed by atoms with van der Waals surface area (Å²) in [6, 6.07) is 11.3. The number of ketones is 1. The van der Waals surface area contributed by atoms with Crippen LogP contribution in [0.4, 0.5) is 11.4 Å². The Labute approximate surface area is 150 Å². The van der Waals surface area contributed by atoms with Crippen LogP contribution in [0, 0.1) is 17.0 Å². The Bertz CT molecular complexity index is 878. The molecule has 2 aromatic carbocycles. The molecule has 0 bridgehead atoms. The smallest absolute Gasteiger partial charge is 0.310 e. The number of carbonyl (C=O) groups is 2. The third-order valence-corrected chi connectivity index (χ3v) is 4.22. The van der Waals surface area contributed by atoms with E-state index in [1.807, 2.05) is 0 Å². The topological polar surface area (TPSA) is 89.8 Å². The summed E-state index contributed by atoms with van der Waals surface area (Å²) in [5, 5.41) is 11.1. The predicted molar refractivity (Wildman–Crippen MR) is 95.7 cm³/mol. The lowest BCUT2D eigenvalue weighted by Gasteiger charge is -2.16. The highest BCUT2D eigenvalue weighted by atomic mass is 16.6. The molecule has 0 unspecified atom stereocenters. The molecule has 26 heavy (non-hydrogen) atoms. The Morgan fingerprint density at radius 1 is 1.27 bits per heavy atom. The van der Waals surface area contributed by atoms with E-state index in [4.69, 9.17) is 4.74 Å². The van der Waals surface area contributed by atoms with Gasteiger partial charge < -0.3 is 9.64 Å². The predicted octanol–water partition coefficient (Wildman–Crippen LogP) is 3.29. The molecule has 1 saturated heterocycles. The highest BCUT2D eigenvalue weighted by Gasteiger charge is 2.22. The van der Waals surface area contributed by atoms with Gasteiger partial charge in [0.2, 0.25) is 5.91 Å².